The maximum atomic E-state index is 5.67. The molecular weight excluding hydrogens is 318 g/mol. The van der Waals surface area contributed by atoms with E-state index in [1.807, 2.05) is 48.5 Å². The number of hydrogen-bond donors (Lipinski definition) is 1. The second-order valence-corrected chi connectivity index (χ2v) is 5.26. The average molecular weight is 336 g/mol. The largest absolute Gasteiger partial charge is 0.491 e. The fraction of sp³-hybridized carbons (Fsp3) is 0.250. The standard InChI is InChI=1S/C16H18BrNO2/c17-15-7-5-13(6-8-15)12-19-9-10-20-16-4-2-1-3-14(16)11-18/h1-8H,9-12,18H2. The van der Waals surface area contributed by atoms with Crippen LogP contribution in [0.1, 0.15) is 11.1 Å². The van der Waals surface area contributed by atoms with Gasteiger partial charge in [-0.05, 0) is 23.8 Å². The van der Waals surface area contributed by atoms with E-state index < -0.39 is 0 Å². The summed E-state index contributed by atoms with van der Waals surface area (Å²) in [4.78, 5) is 0. The molecule has 0 aliphatic rings. The molecule has 106 valence electrons. The van der Waals surface area contributed by atoms with E-state index in [0.29, 0.717) is 26.4 Å². The van der Waals surface area contributed by atoms with Gasteiger partial charge < -0.3 is 15.2 Å². The molecular formula is C16H18BrNO2. The fourth-order valence-electron chi connectivity index (χ4n) is 1.79. The molecule has 0 amide bonds. The average Bonchev–Trinajstić information content (AvgIpc) is 2.49. The van der Waals surface area contributed by atoms with Crippen LogP contribution >= 0.6 is 15.9 Å². The van der Waals surface area contributed by atoms with Gasteiger partial charge in [0.1, 0.15) is 12.4 Å². The first-order valence-electron chi connectivity index (χ1n) is 6.52. The van der Waals surface area contributed by atoms with Gasteiger partial charge in [-0.3, -0.25) is 0 Å². The van der Waals surface area contributed by atoms with Crippen LogP contribution in [-0.4, -0.2) is 13.2 Å². The van der Waals surface area contributed by atoms with E-state index in [1.54, 1.807) is 0 Å². The monoisotopic (exact) mass is 335 g/mol. The zero-order chi connectivity index (χ0) is 14.2. The minimum absolute atomic E-state index is 0.482. The Morgan fingerprint density at radius 1 is 0.950 bits per heavy atom. The summed E-state index contributed by atoms with van der Waals surface area (Å²) in [5, 5.41) is 0. The molecule has 4 heteroatoms. The molecule has 0 radical (unpaired) electrons. The maximum absolute atomic E-state index is 5.67. The molecule has 0 bridgehead atoms. The van der Waals surface area contributed by atoms with Gasteiger partial charge in [0, 0.05) is 16.6 Å². The third-order valence-electron chi connectivity index (χ3n) is 2.86. The lowest BCUT2D eigenvalue weighted by Gasteiger charge is -2.10. The molecule has 0 aliphatic carbocycles. The summed E-state index contributed by atoms with van der Waals surface area (Å²) in [6.45, 7) is 2.15. The van der Waals surface area contributed by atoms with E-state index in [4.69, 9.17) is 15.2 Å². The summed E-state index contributed by atoms with van der Waals surface area (Å²) in [5.74, 6) is 0.835. The molecule has 0 aromatic heterocycles. The van der Waals surface area contributed by atoms with Crippen molar-refractivity contribution in [2.24, 2.45) is 5.73 Å². The zero-order valence-electron chi connectivity index (χ0n) is 11.2. The van der Waals surface area contributed by atoms with Crippen LogP contribution in [0.5, 0.6) is 5.75 Å². The minimum atomic E-state index is 0.482. The predicted molar refractivity (Wildman–Crippen MR) is 83.6 cm³/mol. The van der Waals surface area contributed by atoms with Gasteiger partial charge in [-0.15, -0.1) is 0 Å². The van der Waals surface area contributed by atoms with Gasteiger partial charge in [-0.1, -0.05) is 46.3 Å². The topological polar surface area (TPSA) is 44.5 Å². The lowest BCUT2D eigenvalue weighted by Crippen LogP contribution is -2.09. The van der Waals surface area contributed by atoms with Crippen LogP contribution in [0, 0.1) is 0 Å². The summed E-state index contributed by atoms with van der Waals surface area (Å²) < 4.78 is 12.3. The highest BCUT2D eigenvalue weighted by molar-refractivity contribution is 9.10. The molecule has 0 fully saturated rings. The molecule has 2 aromatic carbocycles. The molecule has 0 spiro atoms. The predicted octanol–water partition coefficient (Wildman–Crippen LogP) is 3.50. The van der Waals surface area contributed by atoms with E-state index in [-0.39, 0.29) is 0 Å². The highest BCUT2D eigenvalue weighted by Gasteiger charge is 2.00. The van der Waals surface area contributed by atoms with Crippen molar-refractivity contribution in [3.8, 4) is 5.75 Å². The Labute approximate surface area is 127 Å². The van der Waals surface area contributed by atoms with Crippen LogP contribution in [0.25, 0.3) is 0 Å². The third kappa shape index (κ3) is 4.63. The van der Waals surface area contributed by atoms with E-state index in [0.717, 1.165) is 21.3 Å². The molecule has 3 nitrogen and oxygen atoms in total. The summed E-state index contributed by atoms with van der Waals surface area (Å²) in [5.41, 5.74) is 7.82. The normalized spacial score (nSPS) is 10.5. The minimum Gasteiger partial charge on any atom is -0.491 e. The maximum Gasteiger partial charge on any atom is 0.123 e. The van der Waals surface area contributed by atoms with Gasteiger partial charge in [0.15, 0.2) is 0 Å². The van der Waals surface area contributed by atoms with Crippen LogP contribution in [0.4, 0.5) is 0 Å². The van der Waals surface area contributed by atoms with Gasteiger partial charge in [0.05, 0.1) is 13.2 Å². The first-order valence-corrected chi connectivity index (χ1v) is 7.32. The number of ether oxygens (including phenoxy) is 2. The van der Waals surface area contributed by atoms with Crippen LogP contribution in [0.3, 0.4) is 0 Å². The van der Waals surface area contributed by atoms with E-state index >= 15 is 0 Å². The number of nitrogens with two attached hydrogens (primary N) is 1. The highest BCUT2D eigenvalue weighted by atomic mass is 79.9. The van der Waals surface area contributed by atoms with Gasteiger partial charge >= 0.3 is 0 Å². The SMILES string of the molecule is NCc1ccccc1OCCOCc1ccc(Br)cc1. The molecule has 2 aromatic rings. The van der Waals surface area contributed by atoms with E-state index in [1.165, 1.54) is 0 Å². The second kappa shape index (κ2) is 8.04. The molecule has 0 saturated carbocycles. The third-order valence-corrected chi connectivity index (χ3v) is 3.39. The first kappa shape index (κ1) is 15.0. The first-order chi connectivity index (χ1) is 9.79. The molecule has 0 unspecified atom stereocenters. The van der Waals surface area contributed by atoms with Gasteiger partial charge in [-0.2, -0.15) is 0 Å². The van der Waals surface area contributed by atoms with Crippen molar-refractivity contribution in [1.82, 2.24) is 0 Å². The van der Waals surface area contributed by atoms with Gasteiger partial charge in [-0.25, -0.2) is 0 Å². The number of para-hydroxylation sites is 1. The fourth-order valence-corrected chi connectivity index (χ4v) is 2.06. The van der Waals surface area contributed by atoms with Crippen molar-refractivity contribution in [2.45, 2.75) is 13.2 Å². The number of benzene rings is 2. The number of halogens is 1. The molecule has 0 aliphatic heterocycles. The molecule has 2 rings (SSSR count). The van der Waals surface area contributed by atoms with Crippen molar-refractivity contribution in [3.05, 3.63) is 64.1 Å². The molecule has 0 saturated heterocycles. The molecule has 0 heterocycles. The van der Waals surface area contributed by atoms with Crippen molar-refractivity contribution >= 4 is 15.9 Å². The van der Waals surface area contributed by atoms with Gasteiger partial charge in [0.2, 0.25) is 0 Å². The van der Waals surface area contributed by atoms with Crippen molar-refractivity contribution in [1.29, 1.82) is 0 Å². The van der Waals surface area contributed by atoms with Crippen molar-refractivity contribution < 1.29 is 9.47 Å². The summed E-state index contributed by atoms with van der Waals surface area (Å²) in [6, 6.07) is 15.9. The van der Waals surface area contributed by atoms with E-state index in [9.17, 15) is 0 Å². The Kier molecular flexibility index (Phi) is 6.05. The van der Waals surface area contributed by atoms with Gasteiger partial charge in [0.25, 0.3) is 0 Å². The van der Waals surface area contributed by atoms with E-state index in [2.05, 4.69) is 15.9 Å². The van der Waals surface area contributed by atoms with Crippen LogP contribution in [-0.2, 0) is 17.9 Å². The number of hydrogen-bond acceptors (Lipinski definition) is 3. The molecule has 0 atom stereocenters. The molecule has 2 N–H and O–H groups in total. The van der Waals surface area contributed by atoms with Crippen LogP contribution < -0.4 is 10.5 Å². The van der Waals surface area contributed by atoms with Crippen molar-refractivity contribution in [3.63, 3.8) is 0 Å². The summed E-state index contributed by atoms with van der Waals surface area (Å²) in [6.07, 6.45) is 0. The van der Waals surface area contributed by atoms with Crippen LogP contribution in [0.15, 0.2) is 53.0 Å². The number of rotatable bonds is 7. The quantitative estimate of drug-likeness (QED) is 0.787. The zero-order valence-corrected chi connectivity index (χ0v) is 12.8. The Morgan fingerprint density at radius 2 is 1.70 bits per heavy atom. The Morgan fingerprint density at radius 3 is 2.45 bits per heavy atom. The Balaban J connectivity index is 1.70. The lowest BCUT2D eigenvalue weighted by atomic mass is 10.2. The molecule has 20 heavy (non-hydrogen) atoms. The Hall–Kier alpha value is -1.36. The lowest BCUT2D eigenvalue weighted by molar-refractivity contribution is 0.0886. The summed E-state index contributed by atoms with van der Waals surface area (Å²) in [7, 11) is 0. The smallest absolute Gasteiger partial charge is 0.123 e. The van der Waals surface area contributed by atoms with Crippen LogP contribution in [0.2, 0.25) is 0 Å². The Bertz CT molecular complexity index is 528. The van der Waals surface area contributed by atoms with Crippen molar-refractivity contribution in [2.75, 3.05) is 13.2 Å². The second-order valence-electron chi connectivity index (χ2n) is 4.34. The summed E-state index contributed by atoms with van der Waals surface area (Å²) >= 11 is 3.41. The highest BCUT2D eigenvalue weighted by Crippen LogP contribution is 2.17.